The van der Waals surface area contributed by atoms with E-state index in [9.17, 15) is 0 Å². The summed E-state index contributed by atoms with van der Waals surface area (Å²) >= 11 is 1.88. The average molecular weight is 285 g/mol. The number of aromatic nitrogens is 2. The van der Waals surface area contributed by atoms with Crippen molar-refractivity contribution >= 4 is 17.7 Å². The molecule has 0 aliphatic rings. The largest absolute Gasteiger partial charge is 0.356 e. The Balaban J connectivity index is 2.11. The quantitative estimate of drug-likeness (QED) is 0.425. The minimum absolute atomic E-state index is 0.653. The molecule has 0 aromatic carbocycles. The Labute approximate surface area is 118 Å². The number of unbranched alkanes of at least 4 members (excludes halogenated alkanes) is 1. The molecule has 0 fully saturated rings. The topological polar surface area (TPSA) is 75.3 Å². The Bertz CT molecular complexity index is 380. The molecule has 0 amide bonds. The van der Waals surface area contributed by atoms with Crippen molar-refractivity contribution in [2.75, 3.05) is 32.1 Å². The summed E-state index contributed by atoms with van der Waals surface area (Å²) in [5, 5.41) is 10.3. The van der Waals surface area contributed by atoms with Gasteiger partial charge in [-0.05, 0) is 31.8 Å². The second-order valence-corrected chi connectivity index (χ2v) is 5.10. The molecule has 1 heterocycles. The molecule has 6 nitrogen and oxygen atoms in total. The zero-order valence-corrected chi connectivity index (χ0v) is 12.7. The summed E-state index contributed by atoms with van der Waals surface area (Å²) in [7, 11) is 1.77. The van der Waals surface area contributed by atoms with Crippen molar-refractivity contribution in [1.29, 1.82) is 0 Å². The van der Waals surface area contributed by atoms with Gasteiger partial charge in [0.15, 0.2) is 11.8 Å². The fourth-order valence-electron chi connectivity index (χ4n) is 1.53. The number of hydrogen-bond donors (Lipinski definition) is 2. The van der Waals surface area contributed by atoms with Gasteiger partial charge >= 0.3 is 0 Å². The normalized spacial score (nSPS) is 11.6. The van der Waals surface area contributed by atoms with Crippen LogP contribution in [0.5, 0.6) is 0 Å². The fourth-order valence-corrected chi connectivity index (χ4v) is 2.02. The van der Waals surface area contributed by atoms with Crippen LogP contribution in [0, 0.1) is 6.92 Å². The maximum Gasteiger partial charge on any atom is 0.228 e. The molecule has 1 aromatic heterocycles. The molecular weight excluding hydrogens is 262 g/mol. The molecule has 0 aliphatic heterocycles. The van der Waals surface area contributed by atoms with E-state index >= 15 is 0 Å². The van der Waals surface area contributed by atoms with Crippen LogP contribution < -0.4 is 10.6 Å². The van der Waals surface area contributed by atoms with E-state index in [1.807, 2.05) is 18.7 Å². The highest BCUT2D eigenvalue weighted by molar-refractivity contribution is 7.98. The summed E-state index contributed by atoms with van der Waals surface area (Å²) in [5.74, 6) is 3.36. The molecule has 0 saturated carbocycles. The first-order valence-corrected chi connectivity index (χ1v) is 7.88. The molecule has 0 unspecified atom stereocenters. The third-order valence-corrected chi connectivity index (χ3v) is 3.19. The van der Waals surface area contributed by atoms with Crippen LogP contribution in [-0.2, 0) is 6.42 Å². The van der Waals surface area contributed by atoms with Crippen LogP contribution in [0.15, 0.2) is 9.52 Å². The number of rotatable bonds is 8. The Morgan fingerprint density at radius 3 is 2.74 bits per heavy atom. The molecule has 0 saturated heterocycles. The van der Waals surface area contributed by atoms with E-state index in [4.69, 9.17) is 4.52 Å². The number of thioether (sulfide) groups is 1. The van der Waals surface area contributed by atoms with Crippen molar-refractivity contribution in [2.24, 2.45) is 4.99 Å². The lowest BCUT2D eigenvalue weighted by atomic mass is 10.3. The first-order chi connectivity index (χ1) is 9.26. The van der Waals surface area contributed by atoms with E-state index in [-0.39, 0.29) is 0 Å². The highest BCUT2D eigenvalue weighted by Gasteiger charge is 2.03. The van der Waals surface area contributed by atoms with Gasteiger partial charge in [-0.15, -0.1) is 0 Å². The maximum absolute atomic E-state index is 5.04. The van der Waals surface area contributed by atoms with Gasteiger partial charge in [0.25, 0.3) is 0 Å². The summed E-state index contributed by atoms with van der Waals surface area (Å²) in [6, 6.07) is 0. The Morgan fingerprint density at radius 2 is 2.11 bits per heavy atom. The number of hydrogen-bond acceptors (Lipinski definition) is 5. The van der Waals surface area contributed by atoms with Gasteiger partial charge in [-0.25, -0.2) is 0 Å². The number of guanidine groups is 1. The SMILES string of the molecule is CN=C(NCCCCSC)NCCc1nc(C)no1. The van der Waals surface area contributed by atoms with Crippen molar-refractivity contribution in [3.05, 3.63) is 11.7 Å². The van der Waals surface area contributed by atoms with Crippen molar-refractivity contribution in [3.63, 3.8) is 0 Å². The zero-order chi connectivity index (χ0) is 13.9. The van der Waals surface area contributed by atoms with Crippen LogP contribution >= 0.6 is 11.8 Å². The third kappa shape index (κ3) is 7.05. The number of nitrogens with zero attached hydrogens (tertiary/aromatic N) is 3. The molecule has 0 radical (unpaired) electrons. The van der Waals surface area contributed by atoms with Crippen molar-refractivity contribution in [1.82, 2.24) is 20.8 Å². The second kappa shape index (κ2) is 9.66. The van der Waals surface area contributed by atoms with Crippen LogP contribution in [0.3, 0.4) is 0 Å². The zero-order valence-electron chi connectivity index (χ0n) is 11.9. The lowest BCUT2D eigenvalue weighted by Gasteiger charge is -2.10. The molecule has 0 atom stereocenters. The summed E-state index contributed by atoms with van der Waals surface area (Å²) < 4.78 is 5.04. The highest BCUT2D eigenvalue weighted by Crippen LogP contribution is 1.98. The van der Waals surface area contributed by atoms with E-state index in [1.165, 1.54) is 12.2 Å². The molecule has 108 valence electrons. The summed E-state index contributed by atoms with van der Waals surface area (Å²) in [4.78, 5) is 8.31. The lowest BCUT2D eigenvalue weighted by Crippen LogP contribution is -2.38. The molecule has 1 aromatic rings. The smallest absolute Gasteiger partial charge is 0.228 e. The Hall–Kier alpha value is -1.24. The molecule has 7 heteroatoms. The van der Waals surface area contributed by atoms with E-state index in [1.54, 1.807) is 7.05 Å². The monoisotopic (exact) mass is 285 g/mol. The van der Waals surface area contributed by atoms with Gasteiger partial charge in [0.2, 0.25) is 5.89 Å². The summed E-state index contributed by atoms with van der Waals surface area (Å²) in [6.07, 6.45) is 5.22. The van der Waals surface area contributed by atoms with E-state index < -0.39 is 0 Å². The van der Waals surface area contributed by atoms with Gasteiger partial charge in [-0.2, -0.15) is 16.7 Å². The Morgan fingerprint density at radius 1 is 1.32 bits per heavy atom. The van der Waals surface area contributed by atoms with Gasteiger partial charge in [-0.1, -0.05) is 5.16 Å². The average Bonchev–Trinajstić information content (AvgIpc) is 2.82. The first kappa shape index (κ1) is 15.8. The maximum atomic E-state index is 5.04. The number of aliphatic imine (C=N–C) groups is 1. The van der Waals surface area contributed by atoms with Crippen molar-refractivity contribution < 1.29 is 4.52 Å². The predicted octanol–water partition coefficient (Wildman–Crippen LogP) is 1.23. The molecule has 0 bridgehead atoms. The van der Waals surface area contributed by atoms with Crippen molar-refractivity contribution in [3.8, 4) is 0 Å². The minimum Gasteiger partial charge on any atom is -0.356 e. The van der Waals surface area contributed by atoms with Gasteiger partial charge in [0.1, 0.15) is 0 Å². The third-order valence-electron chi connectivity index (χ3n) is 2.49. The van der Waals surface area contributed by atoms with Crippen LogP contribution in [0.2, 0.25) is 0 Å². The van der Waals surface area contributed by atoms with Crippen LogP contribution in [0.25, 0.3) is 0 Å². The van der Waals surface area contributed by atoms with Crippen LogP contribution in [-0.4, -0.2) is 48.2 Å². The molecular formula is C12H23N5OS. The van der Waals surface area contributed by atoms with E-state index in [2.05, 4.69) is 32.0 Å². The first-order valence-electron chi connectivity index (χ1n) is 6.49. The summed E-state index contributed by atoms with van der Waals surface area (Å²) in [5.41, 5.74) is 0. The van der Waals surface area contributed by atoms with Gasteiger partial charge < -0.3 is 15.2 Å². The standard InChI is InChI=1S/C12H23N5OS/c1-10-16-11(18-17-10)6-8-15-12(13-2)14-7-4-5-9-19-3/h4-9H2,1-3H3,(H2,13,14,15). The Kier molecular flexibility index (Phi) is 8.04. The van der Waals surface area contributed by atoms with E-state index in [0.29, 0.717) is 18.1 Å². The van der Waals surface area contributed by atoms with Gasteiger partial charge in [0, 0.05) is 26.6 Å². The van der Waals surface area contributed by atoms with Crippen molar-refractivity contribution in [2.45, 2.75) is 26.2 Å². The minimum atomic E-state index is 0.653. The molecule has 0 spiro atoms. The molecule has 0 aliphatic carbocycles. The van der Waals surface area contributed by atoms with Crippen LogP contribution in [0.4, 0.5) is 0 Å². The highest BCUT2D eigenvalue weighted by atomic mass is 32.2. The van der Waals surface area contributed by atoms with Crippen LogP contribution in [0.1, 0.15) is 24.6 Å². The van der Waals surface area contributed by atoms with Gasteiger partial charge in [-0.3, -0.25) is 4.99 Å². The fraction of sp³-hybridized carbons (Fsp3) is 0.750. The lowest BCUT2D eigenvalue weighted by molar-refractivity contribution is 0.374. The summed E-state index contributed by atoms with van der Waals surface area (Å²) in [6.45, 7) is 3.49. The van der Waals surface area contributed by atoms with E-state index in [0.717, 1.165) is 25.5 Å². The molecule has 1 rings (SSSR count). The van der Waals surface area contributed by atoms with Gasteiger partial charge in [0.05, 0.1) is 0 Å². The predicted molar refractivity (Wildman–Crippen MR) is 79.7 cm³/mol. The second-order valence-electron chi connectivity index (χ2n) is 4.11. The molecule has 2 N–H and O–H groups in total. The molecule has 19 heavy (non-hydrogen) atoms. The number of aryl methyl sites for hydroxylation is 1. The number of nitrogens with one attached hydrogen (secondary N) is 2.